The van der Waals surface area contributed by atoms with Crippen LogP contribution in [0.25, 0.3) is 11.4 Å². The van der Waals surface area contributed by atoms with Crippen LogP contribution in [0.3, 0.4) is 0 Å². The van der Waals surface area contributed by atoms with E-state index in [4.69, 9.17) is 5.11 Å². The SMILES string of the molecule is O=C(CCCn1nnc(-c2ccc(F)cc2)n1)NCc1cccc(CO)c1. The maximum atomic E-state index is 12.9. The molecule has 0 aliphatic carbocycles. The summed E-state index contributed by atoms with van der Waals surface area (Å²) in [7, 11) is 0. The zero-order chi connectivity index (χ0) is 19.1. The number of carbonyl (C=O) groups is 1. The van der Waals surface area contributed by atoms with E-state index in [1.54, 1.807) is 12.1 Å². The van der Waals surface area contributed by atoms with E-state index in [0.29, 0.717) is 37.3 Å². The fourth-order valence-electron chi connectivity index (χ4n) is 2.56. The maximum Gasteiger partial charge on any atom is 0.220 e. The number of benzene rings is 2. The van der Waals surface area contributed by atoms with E-state index in [0.717, 1.165) is 11.1 Å². The Bertz CT molecular complexity index is 895. The van der Waals surface area contributed by atoms with Crippen molar-refractivity contribution in [3.63, 3.8) is 0 Å². The van der Waals surface area contributed by atoms with Gasteiger partial charge in [-0.25, -0.2) is 4.39 Å². The maximum absolute atomic E-state index is 12.9. The molecule has 1 aromatic heterocycles. The Kier molecular flexibility index (Phi) is 6.22. The molecule has 1 heterocycles. The summed E-state index contributed by atoms with van der Waals surface area (Å²) in [6, 6.07) is 13.3. The van der Waals surface area contributed by atoms with Crippen molar-refractivity contribution in [2.75, 3.05) is 0 Å². The van der Waals surface area contributed by atoms with E-state index < -0.39 is 0 Å². The molecule has 27 heavy (non-hydrogen) atoms. The lowest BCUT2D eigenvalue weighted by atomic mass is 10.1. The van der Waals surface area contributed by atoms with Crippen LogP contribution in [0.1, 0.15) is 24.0 Å². The number of aryl methyl sites for hydroxylation is 1. The molecule has 0 unspecified atom stereocenters. The minimum absolute atomic E-state index is 0.0212. The number of rotatable bonds is 8. The number of aliphatic hydroxyl groups excluding tert-OH is 1. The smallest absolute Gasteiger partial charge is 0.220 e. The zero-order valence-corrected chi connectivity index (χ0v) is 14.7. The molecule has 0 fully saturated rings. The van der Waals surface area contributed by atoms with Crippen LogP contribution >= 0.6 is 0 Å². The van der Waals surface area contributed by atoms with Gasteiger partial charge < -0.3 is 10.4 Å². The summed E-state index contributed by atoms with van der Waals surface area (Å²) in [6.07, 6.45) is 0.912. The number of carbonyl (C=O) groups excluding carboxylic acids is 1. The Morgan fingerprint density at radius 2 is 1.93 bits per heavy atom. The largest absolute Gasteiger partial charge is 0.392 e. The van der Waals surface area contributed by atoms with Crippen LogP contribution in [0.5, 0.6) is 0 Å². The quantitative estimate of drug-likeness (QED) is 0.634. The number of amides is 1. The van der Waals surface area contributed by atoms with Gasteiger partial charge in [0.05, 0.1) is 13.2 Å². The third-order valence-electron chi connectivity index (χ3n) is 3.98. The van der Waals surface area contributed by atoms with Gasteiger partial charge in [-0.15, -0.1) is 10.2 Å². The minimum Gasteiger partial charge on any atom is -0.392 e. The van der Waals surface area contributed by atoms with E-state index in [2.05, 4.69) is 20.7 Å². The van der Waals surface area contributed by atoms with Crippen LogP contribution < -0.4 is 5.32 Å². The highest BCUT2D eigenvalue weighted by molar-refractivity contribution is 5.75. The predicted molar refractivity (Wildman–Crippen MR) is 96.7 cm³/mol. The van der Waals surface area contributed by atoms with Gasteiger partial charge in [-0.05, 0) is 47.0 Å². The van der Waals surface area contributed by atoms with Gasteiger partial charge in [-0.2, -0.15) is 4.80 Å². The van der Waals surface area contributed by atoms with Gasteiger partial charge in [-0.3, -0.25) is 4.79 Å². The molecular formula is C19H20FN5O2. The number of nitrogens with zero attached hydrogens (tertiary/aromatic N) is 4. The fourth-order valence-corrected chi connectivity index (χ4v) is 2.56. The molecule has 7 nitrogen and oxygen atoms in total. The number of halogens is 1. The number of hydrogen-bond acceptors (Lipinski definition) is 5. The van der Waals surface area contributed by atoms with E-state index in [-0.39, 0.29) is 18.3 Å². The molecule has 8 heteroatoms. The normalized spacial score (nSPS) is 10.7. The molecule has 0 aliphatic heterocycles. The third-order valence-corrected chi connectivity index (χ3v) is 3.98. The number of hydrogen-bond donors (Lipinski definition) is 2. The average molecular weight is 369 g/mol. The molecule has 2 N–H and O–H groups in total. The van der Waals surface area contributed by atoms with Gasteiger partial charge in [-0.1, -0.05) is 24.3 Å². The summed E-state index contributed by atoms with van der Waals surface area (Å²) in [4.78, 5) is 13.4. The number of aromatic nitrogens is 4. The minimum atomic E-state index is -0.319. The molecule has 0 saturated carbocycles. The van der Waals surface area contributed by atoms with Gasteiger partial charge in [0.1, 0.15) is 5.82 Å². The van der Waals surface area contributed by atoms with Crippen molar-refractivity contribution in [2.24, 2.45) is 0 Å². The van der Waals surface area contributed by atoms with Crippen LogP contribution in [0.2, 0.25) is 0 Å². The van der Waals surface area contributed by atoms with Crippen molar-refractivity contribution >= 4 is 5.91 Å². The third kappa shape index (κ3) is 5.42. The molecule has 0 saturated heterocycles. The first kappa shape index (κ1) is 18.7. The highest BCUT2D eigenvalue weighted by Gasteiger charge is 2.07. The fraction of sp³-hybridized carbons (Fsp3) is 0.263. The van der Waals surface area contributed by atoms with E-state index in [1.807, 2.05) is 24.3 Å². The highest BCUT2D eigenvalue weighted by atomic mass is 19.1. The number of aliphatic hydroxyl groups is 1. The standard InChI is InChI=1S/C19H20FN5O2/c20-17-8-6-16(7-9-17)19-22-24-25(23-19)10-2-5-18(27)21-12-14-3-1-4-15(11-14)13-26/h1,3-4,6-9,11,26H,2,5,10,12-13H2,(H,21,27). The van der Waals surface area contributed by atoms with Crippen LogP contribution in [0.4, 0.5) is 4.39 Å². The summed E-state index contributed by atoms with van der Waals surface area (Å²) in [5.41, 5.74) is 2.44. The zero-order valence-electron chi connectivity index (χ0n) is 14.7. The Balaban J connectivity index is 1.43. The Labute approximate surface area is 155 Å². The second kappa shape index (κ2) is 9.00. The van der Waals surface area contributed by atoms with Crippen molar-refractivity contribution in [3.8, 4) is 11.4 Å². The predicted octanol–water partition coefficient (Wildman–Crippen LogP) is 2.07. The van der Waals surface area contributed by atoms with Crippen LogP contribution in [0.15, 0.2) is 48.5 Å². The lowest BCUT2D eigenvalue weighted by Gasteiger charge is -2.06. The van der Waals surface area contributed by atoms with Crippen LogP contribution in [-0.4, -0.2) is 31.2 Å². The van der Waals surface area contributed by atoms with Gasteiger partial charge in [0.25, 0.3) is 0 Å². The number of nitrogens with one attached hydrogen (secondary N) is 1. The first-order chi connectivity index (χ1) is 13.1. The summed E-state index contributed by atoms with van der Waals surface area (Å²) in [5, 5.41) is 24.1. The molecule has 140 valence electrons. The Morgan fingerprint density at radius 3 is 2.70 bits per heavy atom. The molecule has 3 aromatic rings. The van der Waals surface area contributed by atoms with Crippen molar-refractivity contribution in [1.29, 1.82) is 0 Å². The molecule has 1 amide bonds. The Morgan fingerprint density at radius 1 is 1.15 bits per heavy atom. The van der Waals surface area contributed by atoms with Crippen molar-refractivity contribution < 1.29 is 14.3 Å². The molecule has 0 radical (unpaired) electrons. The summed E-state index contributed by atoms with van der Waals surface area (Å²) in [5.74, 6) is 0.0340. The summed E-state index contributed by atoms with van der Waals surface area (Å²) in [6.45, 7) is 0.858. The molecule has 0 aliphatic rings. The lowest BCUT2D eigenvalue weighted by Crippen LogP contribution is -2.23. The van der Waals surface area contributed by atoms with Gasteiger partial charge in [0, 0.05) is 18.5 Å². The second-order valence-electron chi connectivity index (χ2n) is 6.07. The van der Waals surface area contributed by atoms with Crippen molar-refractivity contribution in [2.45, 2.75) is 32.5 Å². The number of tetrazole rings is 1. The van der Waals surface area contributed by atoms with Gasteiger partial charge >= 0.3 is 0 Å². The van der Waals surface area contributed by atoms with Gasteiger partial charge in [0.15, 0.2) is 0 Å². The van der Waals surface area contributed by atoms with E-state index in [1.165, 1.54) is 16.9 Å². The molecule has 0 bridgehead atoms. The summed E-state index contributed by atoms with van der Waals surface area (Å²) >= 11 is 0. The molecule has 0 spiro atoms. The van der Waals surface area contributed by atoms with E-state index >= 15 is 0 Å². The molecular weight excluding hydrogens is 349 g/mol. The topological polar surface area (TPSA) is 92.9 Å². The van der Waals surface area contributed by atoms with Crippen molar-refractivity contribution in [1.82, 2.24) is 25.5 Å². The first-order valence-corrected chi connectivity index (χ1v) is 8.63. The van der Waals surface area contributed by atoms with Crippen molar-refractivity contribution in [3.05, 3.63) is 65.5 Å². The van der Waals surface area contributed by atoms with Crippen LogP contribution in [-0.2, 0) is 24.5 Å². The highest BCUT2D eigenvalue weighted by Crippen LogP contribution is 2.13. The second-order valence-corrected chi connectivity index (χ2v) is 6.07. The monoisotopic (exact) mass is 369 g/mol. The lowest BCUT2D eigenvalue weighted by molar-refractivity contribution is -0.121. The van der Waals surface area contributed by atoms with E-state index in [9.17, 15) is 9.18 Å². The average Bonchev–Trinajstić information content (AvgIpc) is 3.16. The van der Waals surface area contributed by atoms with Crippen LogP contribution in [0, 0.1) is 5.82 Å². The first-order valence-electron chi connectivity index (χ1n) is 8.63. The molecule has 0 atom stereocenters. The molecule has 2 aromatic carbocycles. The molecule has 3 rings (SSSR count). The van der Waals surface area contributed by atoms with Gasteiger partial charge in [0.2, 0.25) is 11.7 Å². The Hall–Kier alpha value is -3.13. The summed E-state index contributed by atoms with van der Waals surface area (Å²) < 4.78 is 12.9.